The fourth-order valence-corrected chi connectivity index (χ4v) is 1.35. The van der Waals surface area contributed by atoms with Gasteiger partial charge in [-0.1, -0.05) is 20.8 Å². The zero-order valence-electron chi connectivity index (χ0n) is 10.1. The van der Waals surface area contributed by atoms with E-state index >= 15 is 0 Å². The van der Waals surface area contributed by atoms with E-state index in [1.807, 2.05) is 6.33 Å². The second-order valence-corrected chi connectivity index (χ2v) is 5.43. The highest BCUT2D eigenvalue weighted by Gasteiger charge is 2.28. The molecule has 0 bridgehead atoms. The summed E-state index contributed by atoms with van der Waals surface area (Å²) in [4.78, 5) is 0. The molecule has 0 saturated carbocycles. The van der Waals surface area contributed by atoms with Crippen LogP contribution < -0.4 is 0 Å². The Morgan fingerprint density at radius 2 is 1.79 bits per heavy atom. The summed E-state index contributed by atoms with van der Waals surface area (Å²) in [5.74, 6) is 1.08. The fraction of sp³-hybridized carbons (Fsp3) is 0.818. The van der Waals surface area contributed by atoms with Crippen molar-refractivity contribution in [1.29, 1.82) is 0 Å². The molecule has 1 aromatic rings. The molecular weight excluding hydrogens is 174 g/mol. The Bertz CT molecular complexity index is 305. The molecule has 80 valence electrons. The van der Waals surface area contributed by atoms with Crippen LogP contribution in [0.3, 0.4) is 0 Å². The van der Waals surface area contributed by atoms with Gasteiger partial charge < -0.3 is 4.57 Å². The van der Waals surface area contributed by atoms with E-state index in [4.69, 9.17) is 0 Å². The van der Waals surface area contributed by atoms with E-state index in [-0.39, 0.29) is 11.0 Å². The Hall–Kier alpha value is -0.860. The molecule has 0 N–H and O–H groups in total. The average molecular weight is 195 g/mol. The molecule has 0 unspecified atom stereocenters. The predicted molar refractivity (Wildman–Crippen MR) is 58.3 cm³/mol. The van der Waals surface area contributed by atoms with Gasteiger partial charge in [0.25, 0.3) is 0 Å². The molecule has 0 saturated heterocycles. The molecule has 3 heteroatoms. The van der Waals surface area contributed by atoms with Crippen LogP contribution in [-0.2, 0) is 11.0 Å². The van der Waals surface area contributed by atoms with E-state index in [9.17, 15) is 0 Å². The SMILES string of the molecule is CCC(C)(C)c1nncn1C(C)(C)C. The molecule has 0 aliphatic carbocycles. The first-order chi connectivity index (χ1) is 6.29. The van der Waals surface area contributed by atoms with Crippen molar-refractivity contribution in [3.63, 3.8) is 0 Å². The van der Waals surface area contributed by atoms with Crippen molar-refractivity contribution in [3.05, 3.63) is 12.2 Å². The first-order valence-electron chi connectivity index (χ1n) is 5.20. The van der Waals surface area contributed by atoms with Gasteiger partial charge in [-0.15, -0.1) is 10.2 Å². The van der Waals surface area contributed by atoms with E-state index in [1.54, 1.807) is 0 Å². The van der Waals surface area contributed by atoms with Crippen molar-refractivity contribution in [2.24, 2.45) is 0 Å². The number of rotatable bonds is 2. The quantitative estimate of drug-likeness (QED) is 0.726. The van der Waals surface area contributed by atoms with Gasteiger partial charge in [-0.05, 0) is 27.2 Å². The molecule has 0 fully saturated rings. The highest BCUT2D eigenvalue weighted by molar-refractivity contribution is 5.05. The third kappa shape index (κ3) is 1.97. The molecule has 0 spiro atoms. The molecular formula is C11H21N3. The number of nitrogens with zero attached hydrogens (tertiary/aromatic N) is 3. The van der Waals surface area contributed by atoms with Gasteiger partial charge in [0.1, 0.15) is 12.2 Å². The van der Waals surface area contributed by atoms with Gasteiger partial charge in [-0.25, -0.2) is 0 Å². The van der Waals surface area contributed by atoms with E-state index in [0.717, 1.165) is 12.2 Å². The maximum atomic E-state index is 4.24. The smallest absolute Gasteiger partial charge is 0.138 e. The molecule has 0 aromatic carbocycles. The van der Waals surface area contributed by atoms with Crippen LogP contribution in [0.4, 0.5) is 0 Å². The van der Waals surface area contributed by atoms with E-state index in [1.165, 1.54) is 0 Å². The number of hydrogen-bond donors (Lipinski definition) is 0. The summed E-state index contributed by atoms with van der Waals surface area (Å²) in [6.07, 6.45) is 2.90. The van der Waals surface area contributed by atoms with Crippen LogP contribution in [0.25, 0.3) is 0 Å². The van der Waals surface area contributed by atoms with Crippen molar-refractivity contribution in [1.82, 2.24) is 14.8 Å². The van der Waals surface area contributed by atoms with Gasteiger partial charge >= 0.3 is 0 Å². The van der Waals surface area contributed by atoms with Crippen LogP contribution in [0, 0.1) is 0 Å². The average Bonchev–Trinajstić information content (AvgIpc) is 2.51. The van der Waals surface area contributed by atoms with Gasteiger partial charge in [0, 0.05) is 11.0 Å². The van der Waals surface area contributed by atoms with E-state index in [0.29, 0.717) is 0 Å². The first kappa shape index (κ1) is 11.2. The summed E-state index contributed by atoms with van der Waals surface area (Å²) < 4.78 is 2.16. The molecule has 0 radical (unpaired) electrons. The van der Waals surface area contributed by atoms with E-state index in [2.05, 4.69) is 56.3 Å². The molecule has 1 heterocycles. The zero-order chi connectivity index (χ0) is 11.0. The van der Waals surface area contributed by atoms with Crippen molar-refractivity contribution < 1.29 is 0 Å². The summed E-state index contributed by atoms with van der Waals surface area (Å²) in [7, 11) is 0. The molecule has 1 aromatic heterocycles. The van der Waals surface area contributed by atoms with Gasteiger partial charge in [-0.3, -0.25) is 0 Å². The summed E-state index contributed by atoms with van der Waals surface area (Å²) in [6.45, 7) is 13.1. The van der Waals surface area contributed by atoms with Gasteiger partial charge in [0.05, 0.1) is 0 Å². The van der Waals surface area contributed by atoms with Crippen LogP contribution >= 0.6 is 0 Å². The zero-order valence-corrected chi connectivity index (χ0v) is 10.1. The second-order valence-electron chi connectivity index (χ2n) is 5.43. The largest absolute Gasteiger partial charge is 0.312 e. The highest BCUT2D eigenvalue weighted by Crippen LogP contribution is 2.28. The van der Waals surface area contributed by atoms with Crippen LogP contribution in [0.5, 0.6) is 0 Å². The Morgan fingerprint density at radius 3 is 2.21 bits per heavy atom. The lowest BCUT2D eigenvalue weighted by molar-refractivity contribution is 0.341. The predicted octanol–water partition coefficient (Wildman–Crippen LogP) is 2.72. The third-order valence-corrected chi connectivity index (χ3v) is 2.76. The fourth-order valence-electron chi connectivity index (χ4n) is 1.35. The van der Waals surface area contributed by atoms with Crippen molar-refractivity contribution in [3.8, 4) is 0 Å². The summed E-state index contributed by atoms with van der Waals surface area (Å²) >= 11 is 0. The lowest BCUT2D eigenvalue weighted by Crippen LogP contribution is -2.30. The van der Waals surface area contributed by atoms with Crippen molar-refractivity contribution >= 4 is 0 Å². The summed E-state index contributed by atoms with van der Waals surface area (Å²) in [5.41, 5.74) is 0.162. The van der Waals surface area contributed by atoms with Crippen LogP contribution in [0.1, 0.15) is 53.8 Å². The highest BCUT2D eigenvalue weighted by atomic mass is 15.3. The maximum absolute atomic E-state index is 4.24. The Balaban J connectivity index is 3.18. The molecule has 1 rings (SSSR count). The molecule has 14 heavy (non-hydrogen) atoms. The summed E-state index contributed by atoms with van der Waals surface area (Å²) in [5, 5.41) is 8.25. The van der Waals surface area contributed by atoms with E-state index < -0.39 is 0 Å². The molecule has 0 amide bonds. The molecule has 0 aliphatic rings. The maximum Gasteiger partial charge on any atom is 0.138 e. The van der Waals surface area contributed by atoms with Crippen molar-refractivity contribution in [2.75, 3.05) is 0 Å². The molecule has 3 nitrogen and oxygen atoms in total. The Labute approximate surface area is 86.5 Å². The van der Waals surface area contributed by atoms with Crippen LogP contribution in [0.2, 0.25) is 0 Å². The number of aromatic nitrogens is 3. The van der Waals surface area contributed by atoms with Crippen LogP contribution in [-0.4, -0.2) is 14.8 Å². The minimum atomic E-state index is 0.0608. The minimum absolute atomic E-state index is 0.0608. The molecule has 0 aliphatic heterocycles. The minimum Gasteiger partial charge on any atom is -0.312 e. The van der Waals surface area contributed by atoms with Gasteiger partial charge in [0.15, 0.2) is 0 Å². The molecule has 0 atom stereocenters. The summed E-state index contributed by atoms with van der Waals surface area (Å²) in [6, 6.07) is 0. The monoisotopic (exact) mass is 195 g/mol. The first-order valence-corrected chi connectivity index (χ1v) is 5.20. The van der Waals surface area contributed by atoms with Gasteiger partial charge in [0.2, 0.25) is 0 Å². The lowest BCUT2D eigenvalue weighted by Gasteiger charge is -2.29. The van der Waals surface area contributed by atoms with Gasteiger partial charge in [-0.2, -0.15) is 0 Å². The Morgan fingerprint density at radius 1 is 1.21 bits per heavy atom. The Kier molecular flexibility index (Phi) is 2.70. The van der Waals surface area contributed by atoms with Crippen molar-refractivity contribution in [2.45, 2.75) is 58.9 Å². The van der Waals surface area contributed by atoms with Crippen LogP contribution in [0.15, 0.2) is 6.33 Å². The topological polar surface area (TPSA) is 30.7 Å². The second kappa shape index (κ2) is 3.37. The number of hydrogen-bond acceptors (Lipinski definition) is 2. The lowest BCUT2D eigenvalue weighted by atomic mass is 9.88. The third-order valence-electron chi connectivity index (χ3n) is 2.76. The normalized spacial score (nSPS) is 13.3. The standard InChI is InChI=1S/C11H21N3/c1-7-11(5,6)9-13-12-8-14(9)10(2,3)4/h8H,7H2,1-6H3.